The van der Waals surface area contributed by atoms with Gasteiger partial charge in [-0.15, -0.1) is 0 Å². The van der Waals surface area contributed by atoms with Crippen molar-refractivity contribution in [1.82, 2.24) is 15.1 Å². The number of nitrogens with one attached hydrogen (secondary N) is 1. The van der Waals surface area contributed by atoms with E-state index in [-0.39, 0.29) is 0 Å². The van der Waals surface area contributed by atoms with Gasteiger partial charge in [0.1, 0.15) is 0 Å². The van der Waals surface area contributed by atoms with Crippen molar-refractivity contribution < 1.29 is 0 Å². The lowest BCUT2D eigenvalue weighted by Crippen LogP contribution is -2.17. The molecule has 15 heavy (non-hydrogen) atoms. The second kappa shape index (κ2) is 6.62. The lowest BCUT2D eigenvalue weighted by atomic mass is 10.2. The van der Waals surface area contributed by atoms with E-state index < -0.39 is 0 Å². The third-order valence-corrected chi connectivity index (χ3v) is 2.60. The summed E-state index contributed by atoms with van der Waals surface area (Å²) in [6, 6.07) is 2.58. The SMILES string of the molecule is CCCNCCCC(C)n1ccc(C)n1. The van der Waals surface area contributed by atoms with Gasteiger partial charge in [0, 0.05) is 12.2 Å². The first-order valence-corrected chi connectivity index (χ1v) is 5.96. The van der Waals surface area contributed by atoms with E-state index >= 15 is 0 Å². The molecule has 0 aromatic carbocycles. The summed E-state index contributed by atoms with van der Waals surface area (Å²) in [5.74, 6) is 0. The Hall–Kier alpha value is -0.830. The molecular formula is C12H23N3. The molecule has 1 aromatic heterocycles. The maximum Gasteiger partial charge on any atom is 0.0593 e. The summed E-state index contributed by atoms with van der Waals surface area (Å²) in [6.45, 7) is 8.72. The van der Waals surface area contributed by atoms with Crippen LogP contribution in [0.3, 0.4) is 0 Å². The standard InChI is InChI=1S/C12H23N3/c1-4-8-13-9-5-6-12(3)15-10-7-11(2)14-15/h7,10,12-13H,4-6,8-9H2,1-3H3. The normalized spacial score (nSPS) is 13.0. The third-order valence-electron chi connectivity index (χ3n) is 2.60. The predicted octanol–water partition coefficient (Wildman–Crippen LogP) is 2.53. The van der Waals surface area contributed by atoms with Crippen molar-refractivity contribution >= 4 is 0 Å². The fraction of sp³-hybridized carbons (Fsp3) is 0.750. The zero-order valence-electron chi connectivity index (χ0n) is 10.2. The summed E-state index contributed by atoms with van der Waals surface area (Å²) in [5.41, 5.74) is 1.10. The lowest BCUT2D eigenvalue weighted by molar-refractivity contribution is 0.437. The molecule has 0 radical (unpaired) electrons. The molecule has 3 nitrogen and oxygen atoms in total. The van der Waals surface area contributed by atoms with Gasteiger partial charge in [0.05, 0.1) is 5.69 Å². The molecule has 0 bridgehead atoms. The van der Waals surface area contributed by atoms with Gasteiger partial charge in [-0.3, -0.25) is 4.68 Å². The zero-order chi connectivity index (χ0) is 11.1. The monoisotopic (exact) mass is 209 g/mol. The Morgan fingerprint density at radius 1 is 1.47 bits per heavy atom. The van der Waals surface area contributed by atoms with Gasteiger partial charge in [0.15, 0.2) is 0 Å². The summed E-state index contributed by atoms with van der Waals surface area (Å²) in [4.78, 5) is 0. The Morgan fingerprint density at radius 3 is 2.87 bits per heavy atom. The fourth-order valence-electron chi connectivity index (χ4n) is 1.64. The average Bonchev–Trinajstić information content (AvgIpc) is 2.64. The van der Waals surface area contributed by atoms with Gasteiger partial charge in [0.25, 0.3) is 0 Å². The van der Waals surface area contributed by atoms with E-state index in [0.717, 1.165) is 18.8 Å². The molecule has 1 aromatic rings. The quantitative estimate of drug-likeness (QED) is 0.699. The van der Waals surface area contributed by atoms with Crippen molar-refractivity contribution in [2.45, 2.75) is 46.1 Å². The highest BCUT2D eigenvalue weighted by Gasteiger charge is 2.04. The molecule has 0 aliphatic carbocycles. The number of aryl methyl sites for hydroxylation is 1. The van der Waals surface area contributed by atoms with Crippen molar-refractivity contribution in [3.05, 3.63) is 18.0 Å². The largest absolute Gasteiger partial charge is 0.317 e. The molecular weight excluding hydrogens is 186 g/mol. The molecule has 0 amide bonds. The van der Waals surface area contributed by atoms with Crippen molar-refractivity contribution in [1.29, 1.82) is 0 Å². The molecule has 1 N–H and O–H groups in total. The number of nitrogens with zero attached hydrogens (tertiary/aromatic N) is 2. The molecule has 0 fully saturated rings. The van der Waals surface area contributed by atoms with Crippen molar-refractivity contribution in [2.75, 3.05) is 13.1 Å². The zero-order valence-corrected chi connectivity index (χ0v) is 10.2. The van der Waals surface area contributed by atoms with Crippen LogP contribution in [0.1, 0.15) is 44.8 Å². The van der Waals surface area contributed by atoms with Gasteiger partial charge in [-0.25, -0.2) is 0 Å². The van der Waals surface area contributed by atoms with Crippen molar-refractivity contribution in [3.63, 3.8) is 0 Å². The third kappa shape index (κ3) is 4.47. The Kier molecular flexibility index (Phi) is 5.40. The molecule has 0 saturated carbocycles. The van der Waals surface area contributed by atoms with Gasteiger partial charge < -0.3 is 5.32 Å². The molecule has 1 rings (SSSR count). The maximum atomic E-state index is 4.42. The van der Waals surface area contributed by atoms with E-state index in [1.165, 1.54) is 19.3 Å². The van der Waals surface area contributed by atoms with Crippen LogP contribution in [0, 0.1) is 6.92 Å². The number of aromatic nitrogens is 2. The molecule has 0 aliphatic rings. The first-order chi connectivity index (χ1) is 7.24. The molecule has 1 atom stereocenters. The first-order valence-electron chi connectivity index (χ1n) is 5.96. The van der Waals surface area contributed by atoms with Crippen LogP contribution in [0.25, 0.3) is 0 Å². The smallest absolute Gasteiger partial charge is 0.0593 e. The van der Waals surface area contributed by atoms with Crippen LogP contribution < -0.4 is 5.32 Å². The predicted molar refractivity (Wildman–Crippen MR) is 64.1 cm³/mol. The van der Waals surface area contributed by atoms with Crippen molar-refractivity contribution in [2.24, 2.45) is 0 Å². The minimum Gasteiger partial charge on any atom is -0.317 e. The fourth-order valence-corrected chi connectivity index (χ4v) is 1.64. The molecule has 1 unspecified atom stereocenters. The van der Waals surface area contributed by atoms with Crippen LogP contribution in [0.5, 0.6) is 0 Å². The molecule has 0 aliphatic heterocycles. The number of rotatable bonds is 7. The van der Waals surface area contributed by atoms with E-state index in [4.69, 9.17) is 0 Å². The second-order valence-corrected chi connectivity index (χ2v) is 4.18. The van der Waals surface area contributed by atoms with E-state index in [0.29, 0.717) is 6.04 Å². The van der Waals surface area contributed by atoms with Crippen LogP contribution in [0.2, 0.25) is 0 Å². The van der Waals surface area contributed by atoms with Gasteiger partial charge in [0.2, 0.25) is 0 Å². The minimum atomic E-state index is 0.516. The topological polar surface area (TPSA) is 29.9 Å². The van der Waals surface area contributed by atoms with Crippen LogP contribution in [-0.4, -0.2) is 22.9 Å². The summed E-state index contributed by atoms with van der Waals surface area (Å²) in [5, 5.41) is 7.84. The Labute approximate surface area is 92.9 Å². The van der Waals surface area contributed by atoms with Gasteiger partial charge in [-0.2, -0.15) is 5.10 Å². The van der Waals surface area contributed by atoms with Gasteiger partial charge in [-0.1, -0.05) is 6.92 Å². The highest BCUT2D eigenvalue weighted by Crippen LogP contribution is 2.11. The second-order valence-electron chi connectivity index (χ2n) is 4.18. The van der Waals surface area contributed by atoms with Crippen LogP contribution in [0.4, 0.5) is 0 Å². The summed E-state index contributed by atoms with van der Waals surface area (Å²) in [6.07, 6.45) is 5.70. The van der Waals surface area contributed by atoms with E-state index in [9.17, 15) is 0 Å². The molecule has 0 spiro atoms. The summed E-state index contributed by atoms with van der Waals surface area (Å²) in [7, 11) is 0. The van der Waals surface area contributed by atoms with Gasteiger partial charge >= 0.3 is 0 Å². The van der Waals surface area contributed by atoms with Crippen molar-refractivity contribution in [3.8, 4) is 0 Å². The van der Waals surface area contributed by atoms with E-state index in [1.807, 2.05) is 6.92 Å². The minimum absolute atomic E-state index is 0.516. The molecule has 0 saturated heterocycles. The van der Waals surface area contributed by atoms with Crippen LogP contribution >= 0.6 is 0 Å². The van der Waals surface area contributed by atoms with Crippen LogP contribution in [-0.2, 0) is 0 Å². The maximum absolute atomic E-state index is 4.42. The first kappa shape index (κ1) is 12.2. The Bertz CT molecular complexity index is 268. The van der Waals surface area contributed by atoms with Gasteiger partial charge in [-0.05, 0) is 52.3 Å². The van der Waals surface area contributed by atoms with E-state index in [2.05, 4.69) is 41.2 Å². The number of hydrogen-bond acceptors (Lipinski definition) is 2. The Balaban J connectivity index is 2.16. The number of hydrogen-bond donors (Lipinski definition) is 1. The molecule has 1 heterocycles. The highest BCUT2D eigenvalue weighted by molar-refractivity contribution is 4.95. The molecule has 3 heteroatoms. The van der Waals surface area contributed by atoms with E-state index in [1.54, 1.807) is 0 Å². The molecule has 86 valence electrons. The summed E-state index contributed by atoms with van der Waals surface area (Å²) < 4.78 is 2.06. The highest BCUT2D eigenvalue weighted by atomic mass is 15.3. The van der Waals surface area contributed by atoms with Crippen LogP contribution in [0.15, 0.2) is 12.3 Å². The lowest BCUT2D eigenvalue weighted by Gasteiger charge is -2.12. The Morgan fingerprint density at radius 2 is 2.27 bits per heavy atom. The average molecular weight is 209 g/mol. The summed E-state index contributed by atoms with van der Waals surface area (Å²) >= 11 is 0.